The monoisotopic (exact) mass is 420 g/mol. The van der Waals surface area contributed by atoms with Crippen LogP contribution >= 0.6 is 11.8 Å². The molecule has 0 saturated heterocycles. The van der Waals surface area contributed by atoms with Crippen LogP contribution in [0.15, 0.2) is 71.0 Å². The normalized spacial score (nSPS) is 10.1. The molecule has 0 aliphatic carbocycles. The molecule has 3 aromatic rings. The first-order valence-corrected chi connectivity index (χ1v) is 10.1. The van der Waals surface area contributed by atoms with Gasteiger partial charge in [0.05, 0.1) is 25.3 Å². The SMILES string of the molecule is COc1cc(C#N)ccc1OCCCC(=O)Nc1ccnc(Sc2ccccn2)c1. The van der Waals surface area contributed by atoms with E-state index >= 15 is 0 Å². The Morgan fingerprint density at radius 2 is 1.97 bits per heavy atom. The van der Waals surface area contributed by atoms with E-state index in [9.17, 15) is 4.79 Å². The molecule has 1 amide bonds. The summed E-state index contributed by atoms with van der Waals surface area (Å²) in [6, 6.07) is 16.3. The molecule has 152 valence electrons. The van der Waals surface area contributed by atoms with E-state index < -0.39 is 0 Å². The summed E-state index contributed by atoms with van der Waals surface area (Å²) < 4.78 is 10.9. The lowest BCUT2D eigenvalue weighted by molar-refractivity contribution is -0.116. The van der Waals surface area contributed by atoms with E-state index in [2.05, 4.69) is 21.4 Å². The van der Waals surface area contributed by atoms with Crippen LogP contribution in [0.1, 0.15) is 18.4 Å². The van der Waals surface area contributed by atoms with Crippen molar-refractivity contribution in [3.8, 4) is 17.6 Å². The summed E-state index contributed by atoms with van der Waals surface area (Å²) in [5, 5.41) is 13.4. The van der Waals surface area contributed by atoms with Gasteiger partial charge in [-0.25, -0.2) is 9.97 Å². The molecule has 1 N–H and O–H groups in total. The molecule has 2 heterocycles. The number of anilines is 1. The van der Waals surface area contributed by atoms with Crippen molar-refractivity contribution in [1.82, 2.24) is 9.97 Å². The Hall–Kier alpha value is -3.57. The zero-order valence-corrected chi connectivity index (χ0v) is 17.2. The van der Waals surface area contributed by atoms with E-state index in [0.29, 0.717) is 42.2 Å². The molecular formula is C22H20N4O3S. The number of rotatable bonds is 9. The first-order chi connectivity index (χ1) is 14.7. The van der Waals surface area contributed by atoms with Crippen molar-refractivity contribution < 1.29 is 14.3 Å². The average Bonchev–Trinajstić information content (AvgIpc) is 2.77. The van der Waals surface area contributed by atoms with Crippen molar-refractivity contribution in [2.75, 3.05) is 19.0 Å². The van der Waals surface area contributed by atoms with Gasteiger partial charge in [-0.2, -0.15) is 5.26 Å². The van der Waals surface area contributed by atoms with Crippen LogP contribution in [0.5, 0.6) is 11.5 Å². The number of hydrogen-bond donors (Lipinski definition) is 1. The molecule has 8 heteroatoms. The summed E-state index contributed by atoms with van der Waals surface area (Å²) in [6.07, 6.45) is 4.23. The van der Waals surface area contributed by atoms with Crippen molar-refractivity contribution in [3.05, 3.63) is 66.5 Å². The molecule has 30 heavy (non-hydrogen) atoms. The Kier molecular flexibility index (Phi) is 7.64. The van der Waals surface area contributed by atoms with Gasteiger partial charge < -0.3 is 14.8 Å². The summed E-state index contributed by atoms with van der Waals surface area (Å²) in [5.41, 5.74) is 1.18. The Morgan fingerprint density at radius 1 is 1.10 bits per heavy atom. The first-order valence-electron chi connectivity index (χ1n) is 9.23. The molecular weight excluding hydrogens is 400 g/mol. The van der Waals surface area contributed by atoms with Gasteiger partial charge in [-0.15, -0.1) is 0 Å². The Morgan fingerprint density at radius 3 is 2.73 bits per heavy atom. The summed E-state index contributed by atoms with van der Waals surface area (Å²) in [5.74, 6) is 0.931. The number of nitrogens with zero attached hydrogens (tertiary/aromatic N) is 3. The van der Waals surface area contributed by atoms with Gasteiger partial charge in [-0.3, -0.25) is 4.79 Å². The number of ether oxygens (including phenoxy) is 2. The molecule has 0 radical (unpaired) electrons. The van der Waals surface area contributed by atoms with Crippen LogP contribution in [0.3, 0.4) is 0 Å². The van der Waals surface area contributed by atoms with E-state index in [1.807, 2.05) is 24.3 Å². The molecule has 0 fully saturated rings. The number of hydrogen-bond acceptors (Lipinski definition) is 7. The molecule has 0 atom stereocenters. The number of benzene rings is 1. The highest BCUT2D eigenvalue weighted by molar-refractivity contribution is 7.99. The third-order valence-corrected chi connectivity index (χ3v) is 4.85. The molecule has 0 spiro atoms. The number of methoxy groups -OCH3 is 1. The maximum atomic E-state index is 12.2. The van der Waals surface area contributed by atoms with Crippen molar-refractivity contribution in [1.29, 1.82) is 5.26 Å². The standard InChI is InChI=1S/C22H20N4O3S/c1-28-19-13-16(15-23)7-8-18(19)29-12-4-5-20(27)26-17-9-11-25-22(14-17)30-21-6-2-3-10-24-21/h2-3,6-11,13-14H,4-5,12H2,1H3,(H,25,26,27). The quantitative estimate of drug-likeness (QED) is 0.515. The van der Waals surface area contributed by atoms with Crippen LogP contribution in [-0.4, -0.2) is 29.6 Å². The second-order valence-corrected chi connectivity index (χ2v) is 7.17. The van der Waals surface area contributed by atoms with Crippen LogP contribution in [0.2, 0.25) is 0 Å². The summed E-state index contributed by atoms with van der Waals surface area (Å²) in [4.78, 5) is 20.8. The zero-order chi connectivity index (χ0) is 21.2. The van der Waals surface area contributed by atoms with Gasteiger partial charge in [0.1, 0.15) is 10.1 Å². The van der Waals surface area contributed by atoms with Crippen molar-refractivity contribution in [3.63, 3.8) is 0 Å². The maximum absolute atomic E-state index is 12.2. The number of pyridine rings is 2. The van der Waals surface area contributed by atoms with Crippen LogP contribution in [-0.2, 0) is 4.79 Å². The van der Waals surface area contributed by atoms with E-state index in [4.69, 9.17) is 14.7 Å². The number of carbonyl (C=O) groups excluding carboxylic acids is 1. The summed E-state index contributed by atoms with van der Waals surface area (Å²) >= 11 is 1.43. The van der Waals surface area contributed by atoms with Crippen molar-refractivity contribution in [2.45, 2.75) is 22.9 Å². The van der Waals surface area contributed by atoms with Crippen LogP contribution in [0, 0.1) is 11.3 Å². The van der Waals surface area contributed by atoms with Gasteiger partial charge in [-0.05, 0) is 42.8 Å². The van der Waals surface area contributed by atoms with Gasteiger partial charge in [0.2, 0.25) is 5.91 Å². The van der Waals surface area contributed by atoms with E-state index in [1.165, 1.54) is 18.9 Å². The Balaban J connectivity index is 1.46. The van der Waals surface area contributed by atoms with Crippen LogP contribution < -0.4 is 14.8 Å². The minimum absolute atomic E-state index is 0.106. The third kappa shape index (κ3) is 6.22. The minimum atomic E-state index is -0.106. The Bertz CT molecular complexity index is 1040. The summed E-state index contributed by atoms with van der Waals surface area (Å²) in [6.45, 7) is 0.354. The van der Waals surface area contributed by atoms with Crippen molar-refractivity contribution >= 4 is 23.4 Å². The van der Waals surface area contributed by atoms with Crippen molar-refractivity contribution in [2.24, 2.45) is 0 Å². The molecule has 0 aliphatic rings. The fraction of sp³-hybridized carbons (Fsp3) is 0.182. The van der Waals surface area contributed by atoms with Gasteiger partial charge >= 0.3 is 0 Å². The Labute approximate surface area is 179 Å². The fourth-order valence-electron chi connectivity index (χ4n) is 2.55. The zero-order valence-electron chi connectivity index (χ0n) is 16.4. The molecule has 0 bridgehead atoms. The van der Waals surface area contributed by atoms with E-state index in [-0.39, 0.29) is 5.91 Å². The lowest BCUT2D eigenvalue weighted by atomic mass is 10.2. The fourth-order valence-corrected chi connectivity index (χ4v) is 3.33. The van der Waals surface area contributed by atoms with Crippen LogP contribution in [0.25, 0.3) is 0 Å². The number of nitriles is 1. The topological polar surface area (TPSA) is 97.1 Å². The highest BCUT2D eigenvalue weighted by Gasteiger charge is 2.08. The molecule has 1 aromatic carbocycles. The molecule has 7 nitrogen and oxygen atoms in total. The minimum Gasteiger partial charge on any atom is -0.493 e. The van der Waals surface area contributed by atoms with Gasteiger partial charge in [0.25, 0.3) is 0 Å². The second kappa shape index (κ2) is 10.8. The lowest BCUT2D eigenvalue weighted by Gasteiger charge is -2.11. The smallest absolute Gasteiger partial charge is 0.224 e. The molecule has 0 saturated carbocycles. The molecule has 2 aromatic heterocycles. The predicted octanol–water partition coefficient (Wildman–Crippen LogP) is 4.31. The highest BCUT2D eigenvalue weighted by atomic mass is 32.2. The second-order valence-electron chi connectivity index (χ2n) is 6.13. The lowest BCUT2D eigenvalue weighted by Crippen LogP contribution is -2.13. The van der Waals surface area contributed by atoms with Gasteiger partial charge in [0.15, 0.2) is 11.5 Å². The number of carbonyl (C=O) groups is 1. The average molecular weight is 420 g/mol. The molecule has 3 rings (SSSR count). The van der Waals surface area contributed by atoms with Gasteiger partial charge in [0, 0.05) is 30.6 Å². The number of amides is 1. The van der Waals surface area contributed by atoms with E-state index in [1.54, 1.807) is 36.7 Å². The maximum Gasteiger partial charge on any atom is 0.224 e. The van der Waals surface area contributed by atoms with Crippen LogP contribution in [0.4, 0.5) is 5.69 Å². The van der Waals surface area contributed by atoms with Gasteiger partial charge in [-0.1, -0.05) is 17.8 Å². The highest BCUT2D eigenvalue weighted by Crippen LogP contribution is 2.28. The molecule has 0 unspecified atom stereocenters. The summed E-state index contributed by atoms with van der Waals surface area (Å²) in [7, 11) is 1.52. The third-order valence-electron chi connectivity index (χ3n) is 3.96. The number of aromatic nitrogens is 2. The largest absolute Gasteiger partial charge is 0.493 e. The molecule has 0 aliphatic heterocycles. The number of nitrogens with one attached hydrogen (secondary N) is 1. The first kappa shape index (κ1) is 21.1. The predicted molar refractivity (Wildman–Crippen MR) is 114 cm³/mol. The van der Waals surface area contributed by atoms with E-state index in [0.717, 1.165) is 10.1 Å².